The van der Waals surface area contributed by atoms with Crippen molar-refractivity contribution in [1.29, 1.82) is 0 Å². The highest BCUT2D eigenvalue weighted by Crippen LogP contribution is 2.25. The van der Waals surface area contributed by atoms with E-state index < -0.39 is 23.9 Å². The Bertz CT molecular complexity index is 1070. The van der Waals surface area contributed by atoms with Crippen molar-refractivity contribution in [3.63, 3.8) is 0 Å². The monoisotopic (exact) mass is 422 g/mol. The summed E-state index contributed by atoms with van der Waals surface area (Å²) in [6.45, 7) is 9.45. The second kappa shape index (κ2) is 8.71. The van der Waals surface area contributed by atoms with E-state index in [9.17, 15) is 19.2 Å². The molecule has 7 nitrogen and oxygen atoms in total. The molecule has 2 aromatic rings. The Labute approximate surface area is 181 Å². The number of hydrogen-bond acceptors (Lipinski definition) is 5. The van der Waals surface area contributed by atoms with Crippen molar-refractivity contribution in [2.75, 3.05) is 11.9 Å². The summed E-state index contributed by atoms with van der Waals surface area (Å²) in [7, 11) is 0. The van der Waals surface area contributed by atoms with Crippen molar-refractivity contribution in [3.05, 3.63) is 64.2 Å². The van der Waals surface area contributed by atoms with E-state index in [4.69, 9.17) is 4.74 Å². The molecule has 0 saturated carbocycles. The molecular formula is C24H26N2O5. The number of nitrogens with zero attached hydrogens (tertiary/aromatic N) is 1. The average molecular weight is 422 g/mol. The van der Waals surface area contributed by atoms with Crippen LogP contribution in [0.4, 0.5) is 5.69 Å². The maximum atomic E-state index is 12.6. The van der Waals surface area contributed by atoms with Gasteiger partial charge in [-0.3, -0.25) is 19.3 Å². The van der Waals surface area contributed by atoms with Crippen molar-refractivity contribution in [2.45, 2.75) is 40.7 Å². The van der Waals surface area contributed by atoms with Gasteiger partial charge < -0.3 is 10.1 Å². The first-order valence-electron chi connectivity index (χ1n) is 10.2. The highest BCUT2D eigenvalue weighted by Gasteiger charge is 2.36. The molecule has 3 rings (SSSR count). The second-order valence-electron chi connectivity index (χ2n) is 8.23. The lowest BCUT2D eigenvalue weighted by molar-refractivity contribution is -0.123. The highest BCUT2D eigenvalue weighted by molar-refractivity contribution is 6.22. The molecule has 0 aromatic heterocycles. The number of benzene rings is 2. The molecule has 7 heteroatoms. The Kier molecular flexibility index (Phi) is 6.24. The Balaban J connectivity index is 1.70. The van der Waals surface area contributed by atoms with Crippen LogP contribution in [-0.4, -0.2) is 41.2 Å². The van der Waals surface area contributed by atoms with Crippen LogP contribution in [0.5, 0.6) is 0 Å². The van der Waals surface area contributed by atoms with Crippen molar-refractivity contribution in [3.8, 4) is 0 Å². The number of esters is 1. The maximum absolute atomic E-state index is 12.6. The SMILES string of the molecule is Cc1ccc(NC(=O)[C@@H](C)OC(=O)c2ccc3c(c2)C(=O)N(CC(C)C)C3=O)c(C)c1. The zero-order chi connectivity index (χ0) is 22.9. The summed E-state index contributed by atoms with van der Waals surface area (Å²) in [6.07, 6.45) is -1.05. The fourth-order valence-corrected chi connectivity index (χ4v) is 3.42. The lowest BCUT2D eigenvalue weighted by Gasteiger charge is -2.15. The van der Waals surface area contributed by atoms with Gasteiger partial charge in [0.15, 0.2) is 6.10 Å². The molecule has 31 heavy (non-hydrogen) atoms. The summed E-state index contributed by atoms with van der Waals surface area (Å²) in [5.41, 5.74) is 3.17. The number of hydrogen-bond donors (Lipinski definition) is 1. The van der Waals surface area contributed by atoms with Gasteiger partial charge in [0, 0.05) is 12.2 Å². The van der Waals surface area contributed by atoms with Crippen molar-refractivity contribution in [2.24, 2.45) is 5.92 Å². The fraction of sp³-hybridized carbons (Fsp3) is 0.333. The molecule has 0 bridgehead atoms. The largest absolute Gasteiger partial charge is 0.449 e. The van der Waals surface area contributed by atoms with E-state index >= 15 is 0 Å². The zero-order valence-electron chi connectivity index (χ0n) is 18.3. The first-order chi connectivity index (χ1) is 14.6. The van der Waals surface area contributed by atoms with Gasteiger partial charge >= 0.3 is 5.97 Å². The number of rotatable bonds is 6. The van der Waals surface area contributed by atoms with E-state index in [1.54, 1.807) is 6.07 Å². The Morgan fingerprint density at radius 2 is 1.65 bits per heavy atom. The summed E-state index contributed by atoms with van der Waals surface area (Å²) >= 11 is 0. The normalized spacial score (nSPS) is 13.9. The fourth-order valence-electron chi connectivity index (χ4n) is 3.42. The standard InChI is InChI=1S/C24H26N2O5/c1-13(2)12-26-22(28)18-8-7-17(11-19(18)23(26)29)24(30)31-16(5)21(27)25-20-9-6-14(3)10-15(20)4/h6-11,13,16H,12H2,1-5H3,(H,25,27)/t16-/m1/s1. The van der Waals surface area contributed by atoms with Crippen LogP contribution in [0.2, 0.25) is 0 Å². The van der Waals surface area contributed by atoms with Crippen LogP contribution in [0.25, 0.3) is 0 Å². The molecular weight excluding hydrogens is 396 g/mol. The van der Waals surface area contributed by atoms with Crippen LogP contribution in [0, 0.1) is 19.8 Å². The van der Waals surface area contributed by atoms with Crippen molar-refractivity contribution < 1.29 is 23.9 Å². The van der Waals surface area contributed by atoms with Crippen molar-refractivity contribution in [1.82, 2.24) is 4.90 Å². The average Bonchev–Trinajstić information content (AvgIpc) is 2.94. The first kappa shape index (κ1) is 22.2. The number of carbonyl (C=O) groups is 4. The molecule has 2 aromatic carbocycles. The number of anilines is 1. The summed E-state index contributed by atoms with van der Waals surface area (Å²) in [6, 6.07) is 9.85. The van der Waals surface area contributed by atoms with E-state index in [0.29, 0.717) is 12.2 Å². The Morgan fingerprint density at radius 1 is 0.968 bits per heavy atom. The minimum atomic E-state index is -1.05. The van der Waals surface area contributed by atoms with E-state index in [0.717, 1.165) is 11.1 Å². The van der Waals surface area contributed by atoms with E-state index in [-0.39, 0.29) is 28.5 Å². The van der Waals surface area contributed by atoms with Crippen LogP contribution in [0.15, 0.2) is 36.4 Å². The van der Waals surface area contributed by atoms with Crippen LogP contribution in [-0.2, 0) is 9.53 Å². The number of aryl methyl sites for hydroxylation is 2. The molecule has 1 aliphatic rings. The van der Waals surface area contributed by atoms with Crippen LogP contribution in [0.1, 0.15) is 63.0 Å². The highest BCUT2D eigenvalue weighted by atomic mass is 16.5. The smallest absolute Gasteiger partial charge is 0.338 e. The predicted octanol–water partition coefficient (Wildman–Crippen LogP) is 3.74. The van der Waals surface area contributed by atoms with Crippen LogP contribution < -0.4 is 5.32 Å². The molecule has 0 spiro atoms. The number of carbonyl (C=O) groups excluding carboxylic acids is 4. The van der Waals surface area contributed by atoms with Crippen LogP contribution in [0.3, 0.4) is 0 Å². The van der Waals surface area contributed by atoms with Gasteiger partial charge in [-0.1, -0.05) is 31.5 Å². The number of ether oxygens (including phenoxy) is 1. The Morgan fingerprint density at radius 3 is 2.29 bits per heavy atom. The van der Waals surface area contributed by atoms with Crippen molar-refractivity contribution >= 4 is 29.4 Å². The third-order valence-electron chi connectivity index (χ3n) is 5.05. The number of fused-ring (bicyclic) bond motifs is 1. The molecule has 1 aliphatic heterocycles. The molecule has 1 atom stereocenters. The lowest BCUT2D eigenvalue weighted by Crippen LogP contribution is -2.33. The van der Waals surface area contributed by atoms with Gasteiger partial charge in [-0.15, -0.1) is 0 Å². The van der Waals surface area contributed by atoms with Gasteiger partial charge in [-0.05, 0) is 56.5 Å². The minimum Gasteiger partial charge on any atom is -0.449 e. The molecule has 1 heterocycles. The zero-order valence-corrected chi connectivity index (χ0v) is 18.3. The van der Waals surface area contributed by atoms with E-state index in [1.807, 2.05) is 39.8 Å². The minimum absolute atomic E-state index is 0.109. The van der Waals surface area contributed by atoms with Crippen LogP contribution >= 0.6 is 0 Å². The molecule has 0 aliphatic carbocycles. The predicted molar refractivity (Wildman–Crippen MR) is 116 cm³/mol. The van der Waals surface area contributed by atoms with Gasteiger partial charge in [0.1, 0.15) is 0 Å². The number of nitrogens with one attached hydrogen (secondary N) is 1. The third-order valence-corrected chi connectivity index (χ3v) is 5.05. The molecule has 162 valence electrons. The molecule has 0 unspecified atom stereocenters. The van der Waals surface area contributed by atoms with Gasteiger partial charge in [-0.2, -0.15) is 0 Å². The van der Waals surface area contributed by atoms with E-state index in [2.05, 4.69) is 5.32 Å². The number of imide groups is 1. The summed E-state index contributed by atoms with van der Waals surface area (Å²) in [5, 5.41) is 2.75. The molecule has 0 saturated heterocycles. The lowest BCUT2D eigenvalue weighted by atomic mass is 10.1. The van der Waals surface area contributed by atoms with Gasteiger partial charge in [0.25, 0.3) is 17.7 Å². The number of amides is 3. The maximum Gasteiger partial charge on any atom is 0.338 e. The second-order valence-corrected chi connectivity index (χ2v) is 8.23. The quantitative estimate of drug-likeness (QED) is 0.565. The first-order valence-corrected chi connectivity index (χ1v) is 10.2. The van der Waals surface area contributed by atoms with Gasteiger partial charge in [-0.25, -0.2) is 4.79 Å². The topological polar surface area (TPSA) is 92.8 Å². The van der Waals surface area contributed by atoms with Gasteiger partial charge in [0.05, 0.1) is 16.7 Å². The van der Waals surface area contributed by atoms with Gasteiger partial charge in [0.2, 0.25) is 0 Å². The molecule has 3 amide bonds. The van der Waals surface area contributed by atoms with E-state index in [1.165, 1.54) is 30.0 Å². The molecule has 0 radical (unpaired) electrons. The molecule has 0 fully saturated rings. The summed E-state index contributed by atoms with van der Waals surface area (Å²) in [4.78, 5) is 51.2. The summed E-state index contributed by atoms with van der Waals surface area (Å²) in [5.74, 6) is -1.87. The Hall–Kier alpha value is -3.48. The summed E-state index contributed by atoms with van der Waals surface area (Å²) < 4.78 is 5.29. The molecule has 1 N–H and O–H groups in total. The third kappa shape index (κ3) is 4.66.